The minimum absolute atomic E-state index is 0.00889. The van der Waals surface area contributed by atoms with Gasteiger partial charge in [-0.05, 0) is 79.1 Å². The zero-order valence-electron chi connectivity index (χ0n) is 20.6. The van der Waals surface area contributed by atoms with E-state index in [9.17, 15) is 39.6 Å². The first-order valence-electron chi connectivity index (χ1n) is 11.7. The van der Waals surface area contributed by atoms with Crippen molar-refractivity contribution >= 4 is 39.1 Å². The van der Waals surface area contributed by atoms with Gasteiger partial charge in [0.25, 0.3) is 10.1 Å². The summed E-state index contributed by atoms with van der Waals surface area (Å²) in [6, 6.07) is 4.96. The van der Waals surface area contributed by atoms with E-state index >= 15 is 0 Å². The summed E-state index contributed by atoms with van der Waals surface area (Å²) in [4.78, 5) is 13.3. The van der Waals surface area contributed by atoms with Crippen molar-refractivity contribution in [2.75, 3.05) is 19.4 Å². The van der Waals surface area contributed by atoms with Crippen molar-refractivity contribution in [2.45, 2.75) is 55.9 Å². The maximum atomic E-state index is 13.3. The molecule has 216 valence electrons. The minimum atomic E-state index is -5.04. The average Bonchev–Trinajstić information content (AvgIpc) is 3.02. The van der Waals surface area contributed by atoms with Crippen LogP contribution in [0.2, 0.25) is 10.0 Å². The van der Waals surface area contributed by atoms with E-state index in [2.05, 4.69) is 5.32 Å². The van der Waals surface area contributed by atoms with E-state index in [-0.39, 0.29) is 35.6 Å². The van der Waals surface area contributed by atoms with Crippen LogP contribution >= 0.6 is 23.2 Å². The molecule has 5 nitrogen and oxygen atoms in total. The number of hydrogen-bond acceptors (Lipinski definition) is 5. The predicted octanol–water partition coefficient (Wildman–Crippen LogP) is 6.59. The van der Waals surface area contributed by atoms with Crippen LogP contribution in [-0.2, 0) is 43.3 Å². The molecule has 1 saturated heterocycles. The number of benzene rings is 2. The molecule has 1 aliphatic heterocycles. The summed E-state index contributed by atoms with van der Waals surface area (Å²) in [5.74, 6) is -0.613. The Hall–Kier alpha value is -1.86. The maximum absolute atomic E-state index is 13.3. The third kappa shape index (κ3) is 8.56. The molecule has 0 amide bonds. The molecule has 0 radical (unpaired) electrons. The number of carbonyl (C=O) groups excluding carboxylic acids is 1. The van der Waals surface area contributed by atoms with Gasteiger partial charge in [0.2, 0.25) is 0 Å². The number of nitrogens with one attached hydrogen (secondary N) is 1. The van der Waals surface area contributed by atoms with E-state index in [0.29, 0.717) is 37.1 Å². The lowest BCUT2D eigenvalue weighted by molar-refractivity contribution is -0.143. The lowest BCUT2D eigenvalue weighted by atomic mass is 9.70. The van der Waals surface area contributed by atoms with E-state index in [1.54, 1.807) is 18.2 Å². The molecule has 1 fully saturated rings. The molecule has 0 aromatic heterocycles. The quantitative estimate of drug-likeness (QED) is 0.267. The molecule has 0 saturated carbocycles. The second-order valence-corrected chi connectivity index (χ2v) is 12.0. The fourth-order valence-corrected chi connectivity index (χ4v) is 5.47. The van der Waals surface area contributed by atoms with Crippen molar-refractivity contribution in [1.29, 1.82) is 0 Å². The van der Waals surface area contributed by atoms with E-state index < -0.39 is 62.8 Å². The fraction of sp³-hybridized carbons (Fsp3) is 0.480. The zero-order valence-corrected chi connectivity index (χ0v) is 22.9. The molecule has 2 aromatic carbocycles. The van der Waals surface area contributed by atoms with Crippen molar-refractivity contribution in [2.24, 2.45) is 0 Å². The Morgan fingerprint density at radius 1 is 1.03 bits per heavy atom. The molecule has 2 unspecified atom stereocenters. The third-order valence-electron chi connectivity index (χ3n) is 6.64. The standard InChI is InChI=1S/C25H25Cl2F6NO4S/c1-39(36,37)38-8-6-23(16-3-4-19(26)20(27)13-16)5-2-7-34-21(14-23)22(35)11-15-9-17(24(28,29)30)12-18(10-15)25(31,32)33/h3-4,9-10,12-13,21,34H,2,5-8,11,14H2,1H3. The largest absolute Gasteiger partial charge is 0.416 e. The Morgan fingerprint density at radius 3 is 2.18 bits per heavy atom. The molecular formula is C25H25Cl2F6NO4S. The van der Waals surface area contributed by atoms with E-state index in [1.165, 1.54) is 0 Å². The van der Waals surface area contributed by atoms with Crippen molar-refractivity contribution in [3.05, 3.63) is 68.7 Å². The van der Waals surface area contributed by atoms with Crippen molar-refractivity contribution in [1.82, 2.24) is 5.32 Å². The highest BCUT2D eigenvalue weighted by Crippen LogP contribution is 2.42. The van der Waals surface area contributed by atoms with Gasteiger partial charge in [-0.3, -0.25) is 8.98 Å². The lowest BCUT2D eigenvalue weighted by Crippen LogP contribution is -2.42. The Balaban J connectivity index is 1.96. The lowest BCUT2D eigenvalue weighted by Gasteiger charge is -2.35. The van der Waals surface area contributed by atoms with Gasteiger partial charge in [-0.2, -0.15) is 34.8 Å². The van der Waals surface area contributed by atoms with Gasteiger partial charge in [-0.25, -0.2) is 0 Å². The SMILES string of the molecule is CS(=O)(=O)OCCC1(c2ccc(Cl)c(Cl)c2)CCCNC(C(=O)Cc2cc(C(F)(F)F)cc(C(F)(F)F)c2)C1. The fourth-order valence-electron chi connectivity index (χ4n) is 4.79. The average molecular weight is 620 g/mol. The molecule has 1 N–H and O–H groups in total. The highest BCUT2D eigenvalue weighted by Gasteiger charge is 2.40. The molecule has 39 heavy (non-hydrogen) atoms. The highest BCUT2D eigenvalue weighted by atomic mass is 35.5. The second-order valence-electron chi connectivity index (χ2n) is 9.56. The van der Waals surface area contributed by atoms with Crippen LogP contribution in [0.15, 0.2) is 36.4 Å². The summed E-state index contributed by atoms with van der Waals surface area (Å²) >= 11 is 12.3. The topological polar surface area (TPSA) is 72.5 Å². The van der Waals surface area contributed by atoms with Gasteiger partial charge in [0.15, 0.2) is 5.78 Å². The van der Waals surface area contributed by atoms with Gasteiger partial charge in [0, 0.05) is 6.42 Å². The van der Waals surface area contributed by atoms with Gasteiger partial charge in [-0.15, -0.1) is 0 Å². The Bertz CT molecular complexity index is 1280. The molecular weight excluding hydrogens is 595 g/mol. The molecule has 0 spiro atoms. The van der Waals surface area contributed by atoms with Gasteiger partial charge in [0.05, 0.1) is 40.1 Å². The summed E-state index contributed by atoms with van der Waals surface area (Å²) in [6.45, 7) is 0.116. The number of halogens is 8. The van der Waals surface area contributed by atoms with Crippen molar-refractivity contribution < 1.29 is 43.7 Å². The van der Waals surface area contributed by atoms with Gasteiger partial charge < -0.3 is 5.32 Å². The summed E-state index contributed by atoms with van der Waals surface area (Å²) in [6.07, 6.45) is -8.65. The van der Waals surface area contributed by atoms with E-state index in [4.69, 9.17) is 27.4 Å². The summed E-state index contributed by atoms with van der Waals surface area (Å²) in [5.41, 5.74) is -3.63. The molecule has 3 rings (SSSR count). The monoisotopic (exact) mass is 619 g/mol. The van der Waals surface area contributed by atoms with Crippen LogP contribution in [0.3, 0.4) is 0 Å². The van der Waals surface area contributed by atoms with Gasteiger partial charge >= 0.3 is 12.4 Å². The number of ketones is 1. The molecule has 14 heteroatoms. The molecule has 2 aromatic rings. The van der Waals surface area contributed by atoms with Crippen molar-refractivity contribution in [3.63, 3.8) is 0 Å². The van der Waals surface area contributed by atoms with Crippen LogP contribution in [0.25, 0.3) is 0 Å². The first-order chi connectivity index (χ1) is 17.9. The summed E-state index contributed by atoms with van der Waals surface area (Å²) in [5, 5.41) is 3.53. The van der Waals surface area contributed by atoms with E-state index in [1.807, 2.05) is 0 Å². The number of Topliss-reactive ketones (excluding diaryl/α,β-unsaturated/α-hetero) is 1. The first kappa shape index (κ1) is 31.7. The van der Waals surface area contributed by atoms with Crippen LogP contribution in [0.1, 0.15) is 47.9 Å². The molecule has 1 aliphatic rings. The Morgan fingerprint density at radius 2 is 1.64 bits per heavy atom. The summed E-state index contributed by atoms with van der Waals surface area (Å²) in [7, 11) is -3.77. The normalized spacial score (nSPS) is 21.0. The zero-order chi connectivity index (χ0) is 29.2. The highest BCUT2D eigenvalue weighted by molar-refractivity contribution is 7.85. The molecule has 0 bridgehead atoms. The second kappa shape index (κ2) is 11.9. The number of hydrogen-bond donors (Lipinski definition) is 1. The van der Waals surface area contributed by atoms with Gasteiger partial charge in [0.1, 0.15) is 0 Å². The van der Waals surface area contributed by atoms with Crippen LogP contribution in [0, 0.1) is 0 Å². The predicted molar refractivity (Wildman–Crippen MR) is 134 cm³/mol. The summed E-state index contributed by atoms with van der Waals surface area (Å²) < 4.78 is 108. The van der Waals surface area contributed by atoms with Crippen LogP contribution in [0.4, 0.5) is 26.3 Å². The number of rotatable bonds is 8. The molecule has 2 atom stereocenters. The molecule has 0 aliphatic carbocycles. The van der Waals surface area contributed by atoms with Crippen molar-refractivity contribution in [3.8, 4) is 0 Å². The number of carbonyl (C=O) groups is 1. The smallest absolute Gasteiger partial charge is 0.307 e. The first-order valence-corrected chi connectivity index (χ1v) is 14.3. The third-order valence-corrected chi connectivity index (χ3v) is 7.98. The van der Waals surface area contributed by atoms with Crippen LogP contribution in [0.5, 0.6) is 0 Å². The maximum Gasteiger partial charge on any atom is 0.416 e. The van der Waals surface area contributed by atoms with Crippen LogP contribution in [-0.4, -0.2) is 39.7 Å². The van der Waals surface area contributed by atoms with E-state index in [0.717, 1.165) is 6.26 Å². The minimum Gasteiger partial charge on any atom is -0.307 e. The van der Waals surface area contributed by atoms with Gasteiger partial charge in [-0.1, -0.05) is 29.3 Å². The Labute approximate surface area is 231 Å². The Kier molecular flexibility index (Phi) is 9.69. The number of alkyl halides is 6. The van der Waals surface area contributed by atoms with Crippen LogP contribution < -0.4 is 5.32 Å². The molecule has 1 heterocycles.